The van der Waals surface area contributed by atoms with Gasteiger partial charge in [-0.05, 0) is 24.3 Å². The summed E-state index contributed by atoms with van der Waals surface area (Å²) in [5, 5.41) is 2.50. The molecule has 2 aromatic carbocycles. The van der Waals surface area contributed by atoms with E-state index in [1.54, 1.807) is 12.1 Å². The second-order valence-corrected chi connectivity index (χ2v) is 7.39. The van der Waals surface area contributed by atoms with Gasteiger partial charge in [-0.15, -0.1) is 0 Å². The first-order chi connectivity index (χ1) is 12.2. The highest BCUT2D eigenvalue weighted by atomic mass is 32.2. The summed E-state index contributed by atoms with van der Waals surface area (Å²) in [5.41, 5.74) is -0.0676. The molecular weight excluding hydrogens is 370 g/mol. The van der Waals surface area contributed by atoms with Gasteiger partial charge in [-0.2, -0.15) is 0 Å². The number of fused-ring (bicyclic) bond motifs is 1. The van der Waals surface area contributed by atoms with Gasteiger partial charge in [0.25, 0.3) is 0 Å². The number of benzene rings is 2. The molecule has 0 atom stereocenters. The van der Waals surface area contributed by atoms with Crippen molar-refractivity contribution in [2.24, 2.45) is 0 Å². The molecular formula is C16H14F2N2O5S. The highest BCUT2D eigenvalue weighted by molar-refractivity contribution is 7.92. The molecule has 1 aliphatic rings. The van der Waals surface area contributed by atoms with E-state index < -0.39 is 39.8 Å². The Bertz CT molecular complexity index is 965. The number of carbonyl (C=O) groups excluding carboxylic acids is 1. The molecule has 0 saturated carbocycles. The van der Waals surface area contributed by atoms with Gasteiger partial charge in [0.05, 0.1) is 11.9 Å². The highest BCUT2D eigenvalue weighted by Gasteiger charge is 2.24. The molecule has 0 unspecified atom stereocenters. The number of carbonyl (C=O) groups is 1. The fraction of sp³-hybridized carbons (Fsp3) is 0.188. The quantitative estimate of drug-likeness (QED) is 0.853. The number of halogens is 2. The number of rotatable bonds is 5. The molecule has 26 heavy (non-hydrogen) atoms. The number of nitrogens with one attached hydrogen (secondary N) is 1. The standard InChI is InChI=1S/C16H14F2N2O5S/c1-26(22,23)20(13-4-2-10(17)6-12(13)18)8-16(21)19-11-3-5-14-15(7-11)25-9-24-14/h2-7H,8-9H2,1H3,(H,19,21). The van der Waals surface area contributed by atoms with Gasteiger partial charge in [-0.3, -0.25) is 9.10 Å². The Morgan fingerprint density at radius 3 is 2.58 bits per heavy atom. The predicted octanol–water partition coefficient (Wildman–Crippen LogP) is 2.10. The minimum Gasteiger partial charge on any atom is -0.454 e. The first-order valence-electron chi connectivity index (χ1n) is 7.36. The molecule has 2 aromatic rings. The summed E-state index contributed by atoms with van der Waals surface area (Å²) < 4.78 is 61.8. The van der Waals surface area contributed by atoms with Crippen molar-refractivity contribution in [3.8, 4) is 11.5 Å². The molecule has 1 heterocycles. The molecule has 10 heteroatoms. The van der Waals surface area contributed by atoms with Crippen LogP contribution in [-0.2, 0) is 14.8 Å². The van der Waals surface area contributed by atoms with Crippen molar-refractivity contribution >= 4 is 27.3 Å². The summed E-state index contributed by atoms with van der Waals surface area (Å²) >= 11 is 0. The number of hydrogen-bond donors (Lipinski definition) is 1. The van der Waals surface area contributed by atoms with Crippen molar-refractivity contribution in [2.45, 2.75) is 0 Å². The van der Waals surface area contributed by atoms with Gasteiger partial charge in [0.2, 0.25) is 22.7 Å². The van der Waals surface area contributed by atoms with Crippen LogP contribution < -0.4 is 19.1 Å². The number of hydrogen-bond acceptors (Lipinski definition) is 5. The van der Waals surface area contributed by atoms with E-state index in [1.165, 1.54) is 6.07 Å². The Labute approximate surface area is 148 Å². The van der Waals surface area contributed by atoms with Crippen molar-refractivity contribution in [3.63, 3.8) is 0 Å². The summed E-state index contributed by atoms with van der Waals surface area (Å²) in [6.45, 7) is -0.617. The van der Waals surface area contributed by atoms with Crippen LogP contribution in [-0.4, -0.2) is 33.9 Å². The molecule has 0 fully saturated rings. The molecule has 0 spiro atoms. The molecule has 1 aliphatic heterocycles. The van der Waals surface area contributed by atoms with Crippen LogP contribution >= 0.6 is 0 Å². The van der Waals surface area contributed by atoms with Gasteiger partial charge in [-0.1, -0.05) is 0 Å². The predicted molar refractivity (Wildman–Crippen MR) is 89.7 cm³/mol. The van der Waals surface area contributed by atoms with Crippen LogP contribution in [0, 0.1) is 11.6 Å². The second-order valence-electron chi connectivity index (χ2n) is 5.48. The summed E-state index contributed by atoms with van der Waals surface area (Å²) in [6, 6.07) is 7.07. The monoisotopic (exact) mass is 384 g/mol. The Hall–Kier alpha value is -2.88. The fourth-order valence-corrected chi connectivity index (χ4v) is 3.23. The third-order valence-electron chi connectivity index (χ3n) is 3.52. The van der Waals surface area contributed by atoms with E-state index in [-0.39, 0.29) is 6.79 Å². The molecule has 7 nitrogen and oxygen atoms in total. The van der Waals surface area contributed by atoms with Crippen LogP contribution in [0.25, 0.3) is 0 Å². The van der Waals surface area contributed by atoms with Gasteiger partial charge in [0.1, 0.15) is 18.2 Å². The van der Waals surface area contributed by atoms with E-state index in [4.69, 9.17) is 9.47 Å². The minimum atomic E-state index is -3.98. The van der Waals surface area contributed by atoms with Gasteiger partial charge < -0.3 is 14.8 Å². The Balaban J connectivity index is 1.80. The van der Waals surface area contributed by atoms with Gasteiger partial charge in [-0.25, -0.2) is 17.2 Å². The lowest BCUT2D eigenvalue weighted by Crippen LogP contribution is -2.38. The van der Waals surface area contributed by atoms with E-state index in [9.17, 15) is 22.0 Å². The lowest BCUT2D eigenvalue weighted by atomic mass is 10.2. The lowest BCUT2D eigenvalue weighted by molar-refractivity contribution is -0.114. The van der Waals surface area contributed by atoms with Crippen molar-refractivity contribution < 1.29 is 31.5 Å². The van der Waals surface area contributed by atoms with E-state index in [2.05, 4.69) is 5.32 Å². The highest BCUT2D eigenvalue weighted by Crippen LogP contribution is 2.34. The minimum absolute atomic E-state index is 0.0679. The van der Waals surface area contributed by atoms with E-state index in [0.717, 1.165) is 18.4 Å². The largest absolute Gasteiger partial charge is 0.454 e. The SMILES string of the molecule is CS(=O)(=O)N(CC(=O)Nc1ccc2c(c1)OCO2)c1ccc(F)cc1F. The third kappa shape index (κ3) is 3.85. The molecule has 1 amide bonds. The lowest BCUT2D eigenvalue weighted by Gasteiger charge is -2.22. The van der Waals surface area contributed by atoms with Gasteiger partial charge in [0, 0.05) is 17.8 Å². The molecule has 0 aromatic heterocycles. The number of ether oxygens (including phenoxy) is 2. The zero-order valence-corrected chi connectivity index (χ0v) is 14.3. The number of nitrogens with zero attached hydrogens (tertiary/aromatic N) is 1. The first kappa shape index (κ1) is 17.9. The van der Waals surface area contributed by atoms with Crippen molar-refractivity contribution in [3.05, 3.63) is 48.0 Å². The fourth-order valence-electron chi connectivity index (χ4n) is 2.37. The van der Waals surface area contributed by atoms with Crippen LogP contribution in [0.2, 0.25) is 0 Å². The summed E-state index contributed by atoms with van der Waals surface area (Å²) in [5.74, 6) is -1.70. The Morgan fingerprint density at radius 1 is 1.15 bits per heavy atom. The van der Waals surface area contributed by atoms with Crippen LogP contribution in [0.5, 0.6) is 11.5 Å². The molecule has 3 rings (SSSR count). The van der Waals surface area contributed by atoms with Crippen LogP contribution in [0.3, 0.4) is 0 Å². The van der Waals surface area contributed by atoms with Crippen LogP contribution in [0.15, 0.2) is 36.4 Å². The van der Waals surface area contributed by atoms with Crippen molar-refractivity contribution in [1.82, 2.24) is 0 Å². The number of amides is 1. The molecule has 0 saturated heterocycles. The zero-order chi connectivity index (χ0) is 18.9. The van der Waals surface area contributed by atoms with Crippen molar-refractivity contribution in [1.29, 1.82) is 0 Å². The molecule has 0 bridgehead atoms. The summed E-state index contributed by atoms with van der Waals surface area (Å²) in [6.07, 6.45) is 0.823. The average Bonchev–Trinajstić information content (AvgIpc) is 3.00. The summed E-state index contributed by atoms with van der Waals surface area (Å²) in [4.78, 5) is 12.2. The van der Waals surface area contributed by atoms with Crippen molar-refractivity contribution in [2.75, 3.05) is 29.2 Å². The van der Waals surface area contributed by atoms with E-state index >= 15 is 0 Å². The molecule has 0 radical (unpaired) electrons. The molecule has 1 N–H and O–H groups in total. The normalized spacial score (nSPS) is 12.7. The zero-order valence-electron chi connectivity index (χ0n) is 13.5. The van der Waals surface area contributed by atoms with Crippen LogP contribution in [0.1, 0.15) is 0 Å². The summed E-state index contributed by atoms with van der Waals surface area (Å²) in [7, 11) is -3.98. The topological polar surface area (TPSA) is 84.9 Å². The average molecular weight is 384 g/mol. The van der Waals surface area contributed by atoms with Crippen LogP contribution in [0.4, 0.5) is 20.2 Å². The maximum absolute atomic E-state index is 14.0. The smallest absolute Gasteiger partial charge is 0.245 e. The number of anilines is 2. The molecule has 0 aliphatic carbocycles. The number of sulfonamides is 1. The third-order valence-corrected chi connectivity index (χ3v) is 4.65. The van der Waals surface area contributed by atoms with E-state index in [1.807, 2.05) is 0 Å². The van der Waals surface area contributed by atoms with Gasteiger partial charge >= 0.3 is 0 Å². The first-order valence-corrected chi connectivity index (χ1v) is 9.21. The Morgan fingerprint density at radius 2 is 1.88 bits per heavy atom. The maximum atomic E-state index is 14.0. The van der Waals surface area contributed by atoms with E-state index in [0.29, 0.717) is 27.6 Å². The Kier molecular flexibility index (Phi) is 4.68. The maximum Gasteiger partial charge on any atom is 0.245 e. The van der Waals surface area contributed by atoms with Gasteiger partial charge in [0.15, 0.2) is 11.5 Å². The molecule has 138 valence electrons. The second kappa shape index (κ2) is 6.79.